The fourth-order valence-corrected chi connectivity index (χ4v) is 3.32. The first-order valence-electron chi connectivity index (χ1n) is 7.97. The van der Waals surface area contributed by atoms with Gasteiger partial charge < -0.3 is 9.47 Å². The Morgan fingerprint density at radius 1 is 1.35 bits per heavy atom. The van der Waals surface area contributed by atoms with Crippen molar-refractivity contribution in [3.8, 4) is 11.5 Å². The lowest BCUT2D eigenvalue weighted by molar-refractivity contribution is 0.0970. The summed E-state index contributed by atoms with van der Waals surface area (Å²) in [5, 5.41) is 7.34. The van der Waals surface area contributed by atoms with Gasteiger partial charge >= 0.3 is 0 Å². The highest BCUT2D eigenvalue weighted by atomic mass is 16.5. The lowest BCUT2D eigenvalue weighted by Gasteiger charge is -2.29. The van der Waals surface area contributed by atoms with Crippen LogP contribution in [0.2, 0.25) is 0 Å². The first-order chi connectivity index (χ1) is 11.3. The van der Waals surface area contributed by atoms with Gasteiger partial charge in [0.05, 0.1) is 19.3 Å². The minimum Gasteiger partial charge on any atom is -0.497 e. The SMILES string of the molecule is COc1ccc2c(c1)N(C(=O)c1n[nH]c3c1CCCC3)CCO2. The summed E-state index contributed by atoms with van der Waals surface area (Å²) in [5.74, 6) is 1.34. The van der Waals surface area contributed by atoms with Crippen LogP contribution in [-0.4, -0.2) is 36.4 Å². The summed E-state index contributed by atoms with van der Waals surface area (Å²) < 4.78 is 10.9. The van der Waals surface area contributed by atoms with Gasteiger partial charge in [-0.25, -0.2) is 0 Å². The number of nitrogens with one attached hydrogen (secondary N) is 1. The van der Waals surface area contributed by atoms with Gasteiger partial charge in [-0.1, -0.05) is 0 Å². The smallest absolute Gasteiger partial charge is 0.279 e. The van der Waals surface area contributed by atoms with Crippen molar-refractivity contribution in [1.82, 2.24) is 10.2 Å². The number of methoxy groups -OCH3 is 1. The van der Waals surface area contributed by atoms with Gasteiger partial charge in [0, 0.05) is 17.3 Å². The molecule has 0 radical (unpaired) electrons. The number of ether oxygens (including phenoxy) is 2. The number of carbonyl (C=O) groups is 1. The summed E-state index contributed by atoms with van der Waals surface area (Å²) >= 11 is 0. The number of amides is 1. The third-order valence-electron chi connectivity index (χ3n) is 4.53. The standard InChI is InChI=1S/C17H19N3O3/c1-22-11-6-7-15-14(10-11)20(8-9-23-15)17(21)16-12-4-2-3-5-13(12)18-19-16/h6-7,10H,2-5,8-9H2,1H3,(H,18,19). The summed E-state index contributed by atoms with van der Waals surface area (Å²) in [7, 11) is 1.61. The number of hydrogen-bond donors (Lipinski definition) is 1. The lowest BCUT2D eigenvalue weighted by atomic mass is 9.95. The Morgan fingerprint density at radius 3 is 3.09 bits per heavy atom. The molecule has 0 spiro atoms. The average Bonchev–Trinajstić information content (AvgIpc) is 3.04. The molecule has 4 rings (SSSR count). The van der Waals surface area contributed by atoms with Crippen LogP contribution in [0.25, 0.3) is 0 Å². The lowest BCUT2D eigenvalue weighted by Crippen LogP contribution is -2.38. The van der Waals surface area contributed by atoms with Gasteiger partial charge in [0.25, 0.3) is 5.91 Å². The summed E-state index contributed by atoms with van der Waals surface area (Å²) in [6, 6.07) is 5.52. The molecule has 0 bridgehead atoms. The number of nitrogens with zero attached hydrogens (tertiary/aromatic N) is 2. The van der Waals surface area contributed by atoms with Gasteiger partial charge in [-0.05, 0) is 37.8 Å². The zero-order valence-corrected chi connectivity index (χ0v) is 13.1. The predicted octanol–water partition coefficient (Wildman–Crippen LogP) is 2.34. The van der Waals surface area contributed by atoms with Gasteiger partial charge in [0.1, 0.15) is 18.1 Å². The summed E-state index contributed by atoms with van der Waals surface area (Å²) in [4.78, 5) is 14.8. The van der Waals surface area contributed by atoms with Crippen LogP contribution >= 0.6 is 0 Å². The fraction of sp³-hybridized carbons (Fsp3) is 0.412. The van der Waals surface area contributed by atoms with Crippen LogP contribution in [0.15, 0.2) is 18.2 Å². The van der Waals surface area contributed by atoms with E-state index < -0.39 is 0 Å². The van der Waals surface area contributed by atoms with Crippen molar-refractivity contribution < 1.29 is 14.3 Å². The van der Waals surface area contributed by atoms with Crippen LogP contribution < -0.4 is 14.4 Å². The molecule has 1 aromatic carbocycles. The Morgan fingerprint density at radius 2 is 2.22 bits per heavy atom. The molecule has 1 aliphatic carbocycles. The highest BCUT2D eigenvalue weighted by Gasteiger charge is 2.30. The molecule has 6 heteroatoms. The van der Waals surface area contributed by atoms with Gasteiger partial charge in [-0.15, -0.1) is 0 Å². The van der Waals surface area contributed by atoms with E-state index >= 15 is 0 Å². The number of benzene rings is 1. The number of aromatic amines is 1. The molecular formula is C17H19N3O3. The molecule has 1 aromatic heterocycles. The van der Waals surface area contributed by atoms with Crippen molar-refractivity contribution in [3.05, 3.63) is 35.2 Å². The molecule has 1 amide bonds. The van der Waals surface area contributed by atoms with Gasteiger partial charge in [-0.3, -0.25) is 14.8 Å². The number of anilines is 1. The van der Waals surface area contributed by atoms with E-state index in [1.165, 1.54) is 0 Å². The molecule has 1 N–H and O–H groups in total. The minimum absolute atomic E-state index is 0.0674. The molecule has 23 heavy (non-hydrogen) atoms. The van der Waals surface area contributed by atoms with E-state index in [-0.39, 0.29) is 5.91 Å². The van der Waals surface area contributed by atoms with Crippen LogP contribution in [0.5, 0.6) is 11.5 Å². The van der Waals surface area contributed by atoms with Gasteiger partial charge in [-0.2, -0.15) is 5.10 Å². The van der Waals surface area contributed by atoms with E-state index in [1.54, 1.807) is 12.0 Å². The predicted molar refractivity (Wildman–Crippen MR) is 85.4 cm³/mol. The third kappa shape index (κ3) is 2.34. The van der Waals surface area contributed by atoms with Gasteiger partial charge in [0.15, 0.2) is 5.69 Å². The van der Waals surface area contributed by atoms with E-state index in [0.29, 0.717) is 30.3 Å². The molecule has 1 aliphatic heterocycles. The second-order valence-corrected chi connectivity index (χ2v) is 5.88. The Balaban J connectivity index is 1.72. The van der Waals surface area contributed by atoms with E-state index in [1.807, 2.05) is 18.2 Å². The Hall–Kier alpha value is -2.50. The molecular weight excluding hydrogens is 294 g/mol. The number of rotatable bonds is 2. The molecule has 0 saturated heterocycles. The van der Waals surface area contributed by atoms with Crippen molar-refractivity contribution in [2.75, 3.05) is 25.2 Å². The summed E-state index contributed by atoms with van der Waals surface area (Å²) in [5.41, 5.74) is 3.49. The first kappa shape index (κ1) is 14.1. The zero-order valence-electron chi connectivity index (χ0n) is 13.1. The van der Waals surface area contributed by atoms with Crippen LogP contribution in [-0.2, 0) is 12.8 Å². The Kier molecular flexibility index (Phi) is 3.44. The van der Waals surface area contributed by atoms with Gasteiger partial charge in [0.2, 0.25) is 0 Å². The Bertz CT molecular complexity index is 754. The maximum atomic E-state index is 13.0. The molecule has 120 valence electrons. The van der Waals surface area contributed by atoms with Crippen LogP contribution in [0, 0.1) is 0 Å². The average molecular weight is 313 g/mol. The van der Waals surface area contributed by atoms with Crippen molar-refractivity contribution in [2.45, 2.75) is 25.7 Å². The second kappa shape index (κ2) is 5.61. The molecule has 0 fully saturated rings. The molecule has 2 aliphatic rings. The first-order valence-corrected chi connectivity index (χ1v) is 7.97. The Labute approximate surface area is 134 Å². The zero-order chi connectivity index (χ0) is 15.8. The largest absolute Gasteiger partial charge is 0.497 e. The van der Waals surface area contributed by atoms with Crippen LogP contribution in [0.4, 0.5) is 5.69 Å². The number of carbonyl (C=O) groups excluding carboxylic acids is 1. The number of aryl methyl sites for hydroxylation is 1. The molecule has 6 nitrogen and oxygen atoms in total. The van der Waals surface area contributed by atoms with Crippen LogP contribution in [0.1, 0.15) is 34.6 Å². The third-order valence-corrected chi connectivity index (χ3v) is 4.53. The maximum Gasteiger partial charge on any atom is 0.279 e. The normalized spacial score (nSPS) is 16.3. The topological polar surface area (TPSA) is 67.5 Å². The van der Waals surface area contributed by atoms with E-state index in [4.69, 9.17) is 9.47 Å². The quantitative estimate of drug-likeness (QED) is 0.924. The molecule has 0 unspecified atom stereocenters. The minimum atomic E-state index is -0.0674. The highest BCUT2D eigenvalue weighted by Crippen LogP contribution is 2.36. The van der Waals surface area contributed by atoms with Crippen molar-refractivity contribution in [1.29, 1.82) is 0 Å². The monoisotopic (exact) mass is 313 g/mol. The van der Waals surface area contributed by atoms with Crippen molar-refractivity contribution in [2.24, 2.45) is 0 Å². The van der Waals surface area contributed by atoms with E-state index in [2.05, 4.69) is 10.2 Å². The van der Waals surface area contributed by atoms with E-state index in [0.717, 1.165) is 42.6 Å². The van der Waals surface area contributed by atoms with Crippen molar-refractivity contribution in [3.63, 3.8) is 0 Å². The molecule has 0 atom stereocenters. The van der Waals surface area contributed by atoms with Crippen molar-refractivity contribution >= 4 is 11.6 Å². The number of fused-ring (bicyclic) bond motifs is 2. The number of aromatic nitrogens is 2. The van der Waals surface area contributed by atoms with E-state index in [9.17, 15) is 4.79 Å². The summed E-state index contributed by atoms with van der Waals surface area (Å²) in [6.45, 7) is 0.998. The molecule has 0 saturated carbocycles. The number of hydrogen-bond acceptors (Lipinski definition) is 4. The number of H-pyrrole nitrogens is 1. The van der Waals surface area contributed by atoms with Crippen LogP contribution in [0.3, 0.4) is 0 Å². The maximum absolute atomic E-state index is 13.0. The highest BCUT2D eigenvalue weighted by molar-refractivity contribution is 6.07. The molecule has 2 heterocycles. The molecule has 2 aromatic rings. The second-order valence-electron chi connectivity index (χ2n) is 5.88. The fourth-order valence-electron chi connectivity index (χ4n) is 3.32. The summed E-state index contributed by atoms with van der Waals surface area (Å²) in [6.07, 6.45) is 4.16.